The molecule has 0 amide bonds. The van der Waals surface area contributed by atoms with Crippen LogP contribution in [0.25, 0.3) is 20.9 Å². The molecule has 3 rings (SSSR count). The second kappa shape index (κ2) is 4.17. The zero-order chi connectivity index (χ0) is 13.6. The number of hydrogen-bond donors (Lipinski definition) is 0. The molecule has 2 heterocycles. The third-order valence-corrected chi connectivity index (χ3v) is 4.10. The average molecular weight is 273 g/mol. The van der Waals surface area contributed by atoms with Gasteiger partial charge in [0.15, 0.2) is 5.65 Å². The first-order valence-electron chi connectivity index (χ1n) is 5.71. The molecule has 1 aromatic carbocycles. The fourth-order valence-electron chi connectivity index (χ4n) is 1.94. The predicted octanol–water partition coefficient (Wildman–Crippen LogP) is 1.36. The summed E-state index contributed by atoms with van der Waals surface area (Å²) in [5.74, 6) is 0. The van der Waals surface area contributed by atoms with Crippen LogP contribution in [0.15, 0.2) is 39.9 Å². The summed E-state index contributed by atoms with van der Waals surface area (Å²) in [4.78, 5) is 28.3. The lowest BCUT2D eigenvalue weighted by Crippen LogP contribution is -2.36. The van der Waals surface area contributed by atoms with Crippen LogP contribution in [-0.4, -0.2) is 14.1 Å². The van der Waals surface area contributed by atoms with Crippen molar-refractivity contribution in [3.8, 4) is 10.6 Å². The molecule has 96 valence electrons. The summed E-state index contributed by atoms with van der Waals surface area (Å²) in [7, 11) is 3.10. The summed E-state index contributed by atoms with van der Waals surface area (Å²) >= 11 is 1.31. The Morgan fingerprint density at radius 1 is 1.05 bits per heavy atom. The highest BCUT2D eigenvalue weighted by Crippen LogP contribution is 2.26. The summed E-state index contributed by atoms with van der Waals surface area (Å²) < 4.78 is 3.01. The van der Waals surface area contributed by atoms with E-state index in [2.05, 4.69) is 4.98 Å². The molecule has 3 aromatic rings. The van der Waals surface area contributed by atoms with Gasteiger partial charge in [-0.05, 0) is 0 Å². The lowest BCUT2D eigenvalue weighted by molar-refractivity contribution is 0.710. The van der Waals surface area contributed by atoms with E-state index in [0.29, 0.717) is 10.3 Å². The number of thiazole rings is 1. The molecule has 0 aliphatic rings. The topological polar surface area (TPSA) is 56.9 Å². The normalized spacial score (nSPS) is 11.1. The van der Waals surface area contributed by atoms with Crippen LogP contribution in [0.5, 0.6) is 0 Å². The molecule has 6 heteroatoms. The molecule has 5 nitrogen and oxygen atoms in total. The van der Waals surface area contributed by atoms with Crippen LogP contribution in [0.2, 0.25) is 0 Å². The first-order valence-corrected chi connectivity index (χ1v) is 6.53. The van der Waals surface area contributed by atoms with Crippen molar-refractivity contribution in [1.29, 1.82) is 0 Å². The number of rotatable bonds is 1. The van der Waals surface area contributed by atoms with E-state index in [9.17, 15) is 9.59 Å². The van der Waals surface area contributed by atoms with Crippen molar-refractivity contribution in [3.05, 3.63) is 51.2 Å². The van der Waals surface area contributed by atoms with Crippen LogP contribution < -0.4 is 11.2 Å². The highest BCUT2D eigenvalue weighted by Gasteiger charge is 2.14. The highest BCUT2D eigenvalue weighted by molar-refractivity contribution is 7.21. The lowest BCUT2D eigenvalue weighted by atomic mass is 10.2. The van der Waals surface area contributed by atoms with E-state index in [-0.39, 0.29) is 11.2 Å². The monoisotopic (exact) mass is 273 g/mol. The number of aromatic nitrogens is 3. The molecule has 0 bridgehead atoms. The Bertz CT molecular complexity index is 875. The molecule has 0 spiro atoms. The molecule has 0 saturated heterocycles. The molecule has 19 heavy (non-hydrogen) atoms. The van der Waals surface area contributed by atoms with E-state index in [0.717, 1.165) is 15.1 Å². The van der Waals surface area contributed by atoms with E-state index < -0.39 is 0 Å². The van der Waals surface area contributed by atoms with Gasteiger partial charge >= 0.3 is 5.69 Å². The Labute approximate surface area is 112 Å². The Balaban J connectivity index is 2.40. The van der Waals surface area contributed by atoms with Gasteiger partial charge in [0.05, 0.1) is 0 Å². The maximum atomic E-state index is 12.1. The van der Waals surface area contributed by atoms with Crippen LogP contribution >= 0.6 is 11.3 Å². The summed E-state index contributed by atoms with van der Waals surface area (Å²) in [6, 6.07) is 9.61. The minimum Gasteiger partial charge on any atom is -0.280 e. The van der Waals surface area contributed by atoms with E-state index in [1.54, 1.807) is 7.05 Å². The second-order valence-electron chi connectivity index (χ2n) is 4.24. The number of nitrogens with zero attached hydrogens (tertiary/aromatic N) is 3. The molecule has 0 atom stereocenters. The summed E-state index contributed by atoms with van der Waals surface area (Å²) in [6.45, 7) is 0. The molecule has 0 fully saturated rings. The Hall–Kier alpha value is -2.21. The molecular formula is C13H11N3O2S. The fourth-order valence-corrected chi connectivity index (χ4v) is 3.02. The Morgan fingerprint density at radius 2 is 1.74 bits per heavy atom. The summed E-state index contributed by atoms with van der Waals surface area (Å²) in [5.41, 5.74) is 0.732. The molecule has 0 aliphatic heterocycles. The fraction of sp³-hybridized carbons (Fsp3) is 0.154. The molecule has 0 radical (unpaired) electrons. The second-order valence-corrected chi connectivity index (χ2v) is 5.24. The molecular weight excluding hydrogens is 262 g/mol. The SMILES string of the molecule is Cn1c(=O)c2sc(-c3ccccc3)nc2n(C)c1=O. The largest absolute Gasteiger partial charge is 0.332 e. The van der Waals surface area contributed by atoms with Crippen LogP contribution in [0.4, 0.5) is 0 Å². The molecule has 0 unspecified atom stereocenters. The van der Waals surface area contributed by atoms with Crippen molar-refractivity contribution >= 4 is 21.7 Å². The van der Waals surface area contributed by atoms with Gasteiger partial charge in [-0.3, -0.25) is 13.9 Å². The van der Waals surface area contributed by atoms with Gasteiger partial charge in [-0.15, -0.1) is 11.3 Å². The zero-order valence-electron chi connectivity index (χ0n) is 10.5. The first-order chi connectivity index (χ1) is 9.09. The van der Waals surface area contributed by atoms with Crippen LogP contribution in [-0.2, 0) is 14.1 Å². The number of hydrogen-bond acceptors (Lipinski definition) is 4. The van der Waals surface area contributed by atoms with E-state index in [1.165, 1.54) is 23.0 Å². The van der Waals surface area contributed by atoms with Gasteiger partial charge < -0.3 is 0 Å². The van der Waals surface area contributed by atoms with Crippen molar-refractivity contribution in [1.82, 2.24) is 14.1 Å². The third-order valence-electron chi connectivity index (χ3n) is 3.02. The lowest BCUT2D eigenvalue weighted by Gasteiger charge is -2.00. The number of benzene rings is 1. The van der Waals surface area contributed by atoms with E-state index in [1.807, 2.05) is 30.3 Å². The average Bonchev–Trinajstić information content (AvgIpc) is 2.89. The van der Waals surface area contributed by atoms with Crippen LogP contribution in [0, 0.1) is 0 Å². The number of fused-ring (bicyclic) bond motifs is 1. The van der Waals surface area contributed by atoms with Gasteiger partial charge in [-0.25, -0.2) is 9.78 Å². The smallest absolute Gasteiger partial charge is 0.280 e. The Kier molecular flexibility index (Phi) is 2.60. The van der Waals surface area contributed by atoms with Crippen molar-refractivity contribution < 1.29 is 0 Å². The quantitative estimate of drug-likeness (QED) is 0.672. The van der Waals surface area contributed by atoms with Crippen molar-refractivity contribution in [2.24, 2.45) is 14.1 Å². The molecule has 2 aromatic heterocycles. The van der Waals surface area contributed by atoms with E-state index in [4.69, 9.17) is 0 Å². The predicted molar refractivity (Wildman–Crippen MR) is 75.5 cm³/mol. The third kappa shape index (κ3) is 1.72. The van der Waals surface area contributed by atoms with Gasteiger partial charge in [-0.1, -0.05) is 30.3 Å². The minimum absolute atomic E-state index is 0.294. The van der Waals surface area contributed by atoms with Crippen molar-refractivity contribution in [3.63, 3.8) is 0 Å². The van der Waals surface area contributed by atoms with Crippen molar-refractivity contribution in [2.45, 2.75) is 0 Å². The van der Waals surface area contributed by atoms with Gasteiger partial charge in [0, 0.05) is 19.7 Å². The maximum Gasteiger partial charge on any atom is 0.332 e. The van der Waals surface area contributed by atoms with E-state index >= 15 is 0 Å². The minimum atomic E-state index is -0.359. The van der Waals surface area contributed by atoms with Crippen LogP contribution in [0.3, 0.4) is 0 Å². The first kappa shape index (κ1) is 11.9. The van der Waals surface area contributed by atoms with Gasteiger partial charge in [0.1, 0.15) is 9.71 Å². The molecule has 0 N–H and O–H groups in total. The molecule has 0 saturated carbocycles. The van der Waals surface area contributed by atoms with Gasteiger partial charge in [-0.2, -0.15) is 0 Å². The summed E-state index contributed by atoms with van der Waals surface area (Å²) in [6.07, 6.45) is 0. The Morgan fingerprint density at radius 3 is 2.42 bits per heavy atom. The molecule has 0 aliphatic carbocycles. The van der Waals surface area contributed by atoms with Gasteiger partial charge in [0.25, 0.3) is 5.56 Å². The van der Waals surface area contributed by atoms with Gasteiger partial charge in [0.2, 0.25) is 0 Å². The number of aryl methyl sites for hydroxylation is 1. The summed E-state index contributed by atoms with van der Waals surface area (Å²) in [5, 5.41) is 0.744. The van der Waals surface area contributed by atoms with Crippen LogP contribution in [0.1, 0.15) is 0 Å². The maximum absolute atomic E-state index is 12.1. The van der Waals surface area contributed by atoms with Crippen molar-refractivity contribution in [2.75, 3.05) is 0 Å². The standard InChI is InChI=1S/C13H11N3O2S/c1-15-10-9(12(17)16(2)13(15)18)19-11(14-10)8-6-4-3-5-7-8/h3-7H,1-2H3. The zero-order valence-corrected chi connectivity index (χ0v) is 11.3. The highest BCUT2D eigenvalue weighted by atomic mass is 32.1.